The fourth-order valence-electron chi connectivity index (χ4n) is 2.89. The van der Waals surface area contributed by atoms with E-state index in [1.54, 1.807) is 11.0 Å². The molecule has 2 aliphatic heterocycles. The lowest BCUT2D eigenvalue weighted by Gasteiger charge is -2.30. The lowest BCUT2D eigenvalue weighted by Crippen LogP contribution is -2.37. The normalized spacial score (nSPS) is 19.7. The molecule has 0 aliphatic carbocycles. The van der Waals surface area contributed by atoms with Gasteiger partial charge in [-0.1, -0.05) is 30.0 Å². The number of para-hydroxylation sites is 1. The van der Waals surface area contributed by atoms with Crippen LogP contribution >= 0.6 is 11.8 Å². The molecule has 5 heteroatoms. The second kappa shape index (κ2) is 7.04. The van der Waals surface area contributed by atoms with Gasteiger partial charge in [0.1, 0.15) is 0 Å². The van der Waals surface area contributed by atoms with Crippen LogP contribution in [-0.4, -0.2) is 36.3 Å². The van der Waals surface area contributed by atoms with Gasteiger partial charge in [0, 0.05) is 30.6 Å². The van der Waals surface area contributed by atoms with E-state index in [0.717, 1.165) is 36.5 Å². The third-order valence-electron chi connectivity index (χ3n) is 4.07. The first-order chi connectivity index (χ1) is 11.2. The van der Waals surface area contributed by atoms with Crippen LogP contribution in [0.1, 0.15) is 19.3 Å². The van der Waals surface area contributed by atoms with Crippen LogP contribution in [0.25, 0.3) is 0 Å². The third kappa shape index (κ3) is 3.34. The SMILES string of the molecule is C=CCN1C(=O)C(=CC(=O)N2CCCCC2)Sc2ccccc21. The minimum absolute atomic E-state index is 0.0570. The molecule has 4 nitrogen and oxygen atoms in total. The van der Waals surface area contributed by atoms with E-state index >= 15 is 0 Å². The van der Waals surface area contributed by atoms with Crippen molar-refractivity contribution >= 4 is 29.3 Å². The van der Waals surface area contributed by atoms with Crippen LogP contribution in [0.2, 0.25) is 0 Å². The molecule has 2 aliphatic rings. The molecule has 120 valence electrons. The predicted molar refractivity (Wildman–Crippen MR) is 93.4 cm³/mol. The summed E-state index contributed by atoms with van der Waals surface area (Å²) in [5, 5.41) is 0. The number of benzene rings is 1. The molecule has 0 spiro atoms. The Hall–Kier alpha value is -2.01. The number of nitrogens with zero attached hydrogens (tertiary/aromatic N) is 2. The zero-order valence-corrected chi connectivity index (χ0v) is 13.8. The van der Waals surface area contributed by atoms with Gasteiger partial charge >= 0.3 is 0 Å². The van der Waals surface area contributed by atoms with Gasteiger partial charge < -0.3 is 9.80 Å². The summed E-state index contributed by atoms with van der Waals surface area (Å²) in [7, 11) is 0. The number of anilines is 1. The molecule has 0 N–H and O–H groups in total. The zero-order valence-electron chi connectivity index (χ0n) is 13.0. The molecule has 1 fully saturated rings. The Morgan fingerprint density at radius 1 is 1.22 bits per heavy atom. The van der Waals surface area contributed by atoms with Crippen LogP contribution in [0.15, 0.2) is 52.8 Å². The number of thioether (sulfide) groups is 1. The number of rotatable bonds is 3. The molecule has 0 unspecified atom stereocenters. The van der Waals surface area contributed by atoms with Gasteiger partial charge in [0.25, 0.3) is 5.91 Å². The Kier molecular flexibility index (Phi) is 4.86. The zero-order chi connectivity index (χ0) is 16.2. The van der Waals surface area contributed by atoms with Gasteiger partial charge in [-0.15, -0.1) is 6.58 Å². The molecule has 0 atom stereocenters. The van der Waals surface area contributed by atoms with Gasteiger partial charge in [0.2, 0.25) is 5.91 Å². The van der Waals surface area contributed by atoms with Crippen molar-refractivity contribution in [3.8, 4) is 0 Å². The number of piperidine rings is 1. The second-order valence-electron chi connectivity index (χ2n) is 5.67. The lowest BCUT2D eigenvalue weighted by molar-refractivity contribution is -0.127. The fraction of sp³-hybridized carbons (Fsp3) is 0.333. The molecule has 2 heterocycles. The first kappa shape index (κ1) is 15.9. The van der Waals surface area contributed by atoms with Crippen LogP contribution in [0.3, 0.4) is 0 Å². The van der Waals surface area contributed by atoms with E-state index in [-0.39, 0.29) is 11.8 Å². The van der Waals surface area contributed by atoms with E-state index in [1.807, 2.05) is 29.2 Å². The summed E-state index contributed by atoms with van der Waals surface area (Å²) in [6, 6.07) is 7.75. The summed E-state index contributed by atoms with van der Waals surface area (Å²) in [6.45, 7) is 5.73. The monoisotopic (exact) mass is 328 g/mol. The van der Waals surface area contributed by atoms with E-state index in [0.29, 0.717) is 11.4 Å². The highest BCUT2D eigenvalue weighted by atomic mass is 32.2. The maximum absolute atomic E-state index is 12.7. The van der Waals surface area contributed by atoms with Gasteiger partial charge in [-0.3, -0.25) is 9.59 Å². The molecule has 1 aromatic carbocycles. The first-order valence-corrected chi connectivity index (χ1v) is 8.72. The molecule has 0 radical (unpaired) electrons. The summed E-state index contributed by atoms with van der Waals surface area (Å²) in [6.07, 6.45) is 6.47. The topological polar surface area (TPSA) is 40.6 Å². The van der Waals surface area contributed by atoms with Crippen molar-refractivity contribution in [3.05, 3.63) is 47.9 Å². The average Bonchev–Trinajstić information content (AvgIpc) is 2.59. The van der Waals surface area contributed by atoms with Gasteiger partial charge in [-0.25, -0.2) is 0 Å². The summed E-state index contributed by atoms with van der Waals surface area (Å²) < 4.78 is 0. The van der Waals surface area contributed by atoms with Crippen molar-refractivity contribution < 1.29 is 9.59 Å². The van der Waals surface area contributed by atoms with Crippen LogP contribution in [0, 0.1) is 0 Å². The largest absolute Gasteiger partial charge is 0.339 e. The molecule has 2 amide bonds. The molecular formula is C18H20N2O2S. The second-order valence-corrected chi connectivity index (χ2v) is 6.75. The summed E-state index contributed by atoms with van der Waals surface area (Å²) in [5.41, 5.74) is 0.880. The number of fused-ring (bicyclic) bond motifs is 1. The summed E-state index contributed by atoms with van der Waals surface area (Å²) in [4.78, 5) is 30.1. The van der Waals surface area contributed by atoms with Crippen molar-refractivity contribution in [2.45, 2.75) is 24.2 Å². The number of hydrogen-bond acceptors (Lipinski definition) is 3. The Balaban J connectivity index is 1.88. The number of hydrogen-bond donors (Lipinski definition) is 0. The van der Waals surface area contributed by atoms with Gasteiger partial charge in [-0.05, 0) is 31.4 Å². The van der Waals surface area contributed by atoms with E-state index in [1.165, 1.54) is 24.3 Å². The van der Waals surface area contributed by atoms with Gasteiger partial charge in [0.15, 0.2) is 0 Å². The van der Waals surface area contributed by atoms with E-state index in [2.05, 4.69) is 6.58 Å². The number of carbonyl (C=O) groups is 2. The molecule has 1 aromatic rings. The van der Waals surface area contributed by atoms with Crippen molar-refractivity contribution in [3.63, 3.8) is 0 Å². The molecule has 0 aromatic heterocycles. The highest BCUT2D eigenvalue weighted by Gasteiger charge is 2.29. The minimum Gasteiger partial charge on any atom is -0.339 e. The average molecular weight is 328 g/mol. The van der Waals surface area contributed by atoms with Crippen molar-refractivity contribution in [2.24, 2.45) is 0 Å². The van der Waals surface area contributed by atoms with E-state index < -0.39 is 0 Å². The van der Waals surface area contributed by atoms with Gasteiger partial charge in [-0.2, -0.15) is 0 Å². The molecule has 0 saturated carbocycles. The Morgan fingerprint density at radius 2 is 1.96 bits per heavy atom. The highest BCUT2D eigenvalue weighted by molar-refractivity contribution is 8.04. The van der Waals surface area contributed by atoms with E-state index in [4.69, 9.17) is 0 Å². The van der Waals surface area contributed by atoms with E-state index in [9.17, 15) is 9.59 Å². The summed E-state index contributed by atoms with van der Waals surface area (Å²) >= 11 is 1.38. The Labute approximate surface area is 140 Å². The Bertz CT molecular complexity index is 663. The molecule has 23 heavy (non-hydrogen) atoms. The smallest absolute Gasteiger partial charge is 0.265 e. The lowest BCUT2D eigenvalue weighted by atomic mass is 10.1. The maximum atomic E-state index is 12.7. The molecule has 3 rings (SSSR count). The predicted octanol–water partition coefficient (Wildman–Crippen LogP) is 3.21. The highest BCUT2D eigenvalue weighted by Crippen LogP contribution is 2.41. The molecule has 1 saturated heterocycles. The van der Waals surface area contributed by atoms with Crippen molar-refractivity contribution in [1.29, 1.82) is 0 Å². The maximum Gasteiger partial charge on any atom is 0.265 e. The van der Waals surface area contributed by atoms with Gasteiger partial charge in [0.05, 0.1) is 10.6 Å². The number of amides is 2. The van der Waals surface area contributed by atoms with Crippen molar-refractivity contribution in [1.82, 2.24) is 4.90 Å². The quantitative estimate of drug-likeness (QED) is 0.632. The molecule has 0 bridgehead atoms. The Morgan fingerprint density at radius 3 is 2.70 bits per heavy atom. The number of carbonyl (C=O) groups excluding carboxylic acids is 2. The van der Waals surface area contributed by atoms with Crippen molar-refractivity contribution in [2.75, 3.05) is 24.5 Å². The summed E-state index contributed by atoms with van der Waals surface area (Å²) in [5.74, 6) is -0.183. The number of likely N-dealkylation sites (tertiary alicyclic amines) is 1. The third-order valence-corrected chi connectivity index (χ3v) is 5.14. The fourth-order valence-corrected chi connectivity index (χ4v) is 3.91. The molecular weight excluding hydrogens is 308 g/mol. The van der Waals surface area contributed by atoms with Crippen LogP contribution < -0.4 is 4.90 Å². The standard InChI is InChI=1S/C18H20N2O2S/c1-2-10-20-14-8-4-5-9-15(14)23-16(18(20)22)13-17(21)19-11-6-3-7-12-19/h2,4-5,8-9,13H,1,3,6-7,10-12H2. The van der Waals surface area contributed by atoms with Crippen LogP contribution in [0.4, 0.5) is 5.69 Å². The first-order valence-electron chi connectivity index (χ1n) is 7.91. The van der Waals surface area contributed by atoms with Crippen LogP contribution in [0.5, 0.6) is 0 Å². The van der Waals surface area contributed by atoms with Crippen LogP contribution in [-0.2, 0) is 9.59 Å². The minimum atomic E-state index is -0.126.